The minimum atomic E-state index is 0.207. The Morgan fingerprint density at radius 3 is 2.38 bits per heavy atom. The first-order chi connectivity index (χ1) is 10.0. The summed E-state index contributed by atoms with van der Waals surface area (Å²) in [6.07, 6.45) is 0. The van der Waals surface area contributed by atoms with Gasteiger partial charge in [0.1, 0.15) is 5.75 Å². The van der Waals surface area contributed by atoms with E-state index < -0.39 is 0 Å². The van der Waals surface area contributed by atoms with Gasteiger partial charge in [0.25, 0.3) is 0 Å². The molecule has 0 radical (unpaired) electrons. The Morgan fingerprint density at radius 1 is 1.05 bits per heavy atom. The lowest BCUT2D eigenvalue weighted by atomic mass is 9.99. The van der Waals surface area contributed by atoms with E-state index in [4.69, 9.17) is 4.74 Å². The number of fused-ring (bicyclic) bond motifs is 1. The summed E-state index contributed by atoms with van der Waals surface area (Å²) in [6, 6.07) is 13.1. The molecule has 2 aromatic carbocycles. The summed E-state index contributed by atoms with van der Waals surface area (Å²) in [5.41, 5.74) is 1.25. The van der Waals surface area contributed by atoms with E-state index in [0.717, 1.165) is 5.75 Å². The Morgan fingerprint density at radius 2 is 1.71 bits per heavy atom. The smallest absolute Gasteiger partial charge is 0.119 e. The van der Waals surface area contributed by atoms with E-state index >= 15 is 0 Å². The molecule has 0 aromatic heterocycles. The summed E-state index contributed by atoms with van der Waals surface area (Å²) in [5, 5.41) is 15.2. The second-order valence-corrected chi connectivity index (χ2v) is 5.81. The number of aliphatic hydroxyl groups is 1. The molecule has 0 aliphatic rings. The van der Waals surface area contributed by atoms with Gasteiger partial charge in [-0.3, -0.25) is 0 Å². The number of rotatable bonds is 6. The van der Waals surface area contributed by atoms with Crippen LogP contribution in [-0.2, 0) is 0 Å². The van der Waals surface area contributed by atoms with Crippen LogP contribution < -0.4 is 10.1 Å². The third kappa shape index (κ3) is 3.74. The van der Waals surface area contributed by atoms with Crippen LogP contribution in [0.4, 0.5) is 0 Å². The zero-order chi connectivity index (χ0) is 15.4. The van der Waals surface area contributed by atoms with E-state index in [9.17, 15) is 5.11 Å². The van der Waals surface area contributed by atoms with E-state index in [2.05, 4.69) is 50.4 Å². The van der Waals surface area contributed by atoms with E-state index in [1.54, 1.807) is 7.11 Å². The SMILES string of the molecule is COc1ccc2cc(C(C)NC(C)C(C)CO)ccc2c1. The number of methoxy groups -OCH3 is 1. The predicted octanol–water partition coefficient (Wildman–Crippen LogP) is 3.52. The average Bonchev–Trinajstić information content (AvgIpc) is 2.52. The number of hydrogen-bond donors (Lipinski definition) is 2. The van der Waals surface area contributed by atoms with E-state index in [-0.39, 0.29) is 24.6 Å². The molecule has 0 bridgehead atoms. The third-order valence-electron chi connectivity index (χ3n) is 4.23. The van der Waals surface area contributed by atoms with Crippen molar-refractivity contribution in [3.8, 4) is 5.75 Å². The van der Waals surface area contributed by atoms with Crippen molar-refractivity contribution in [2.45, 2.75) is 32.9 Å². The lowest BCUT2D eigenvalue weighted by Gasteiger charge is -2.24. The van der Waals surface area contributed by atoms with Gasteiger partial charge in [-0.25, -0.2) is 0 Å². The number of benzene rings is 2. The molecule has 3 heteroatoms. The molecular weight excluding hydrogens is 262 g/mol. The number of hydrogen-bond acceptors (Lipinski definition) is 3. The monoisotopic (exact) mass is 287 g/mol. The van der Waals surface area contributed by atoms with Crippen molar-refractivity contribution in [3.63, 3.8) is 0 Å². The van der Waals surface area contributed by atoms with Crippen LogP contribution in [0.15, 0.2) is 36.4 Å². The summed E-state index contributed by atoms with van der Waals surface area (Å²) in [4.78, 5) is 0. The molecule has 2 N–H and O–H groups in total. The van der Waals surface area contributed by atoms with Gasteiger partial charge in [-0.1, -0.05) is 25.1 Å². The summed E-state index contributed by atoms with van der Waals surface area (Å²) < 4.78 is 5.26. The van der Waals surface area contributed by atoms with Gasteiger partial charge in [0, 0.05) is 18.7 Å². The van der Waals surface area contributed by atoms with Crippen LogP contribution in [0.1, 0.15) is 32.4 Å². The zero-order valence-corrected chi connectivity index (χ0v) is 13.3. The molecule has 2 aromatic rings. The van der Waals surface area contributed by atoms with Gasteiger partial charge in [-0.05, 0) is 54.3 Å². The van der Waals surface area contributed by atoms with Crippen molar-refractivity contribution in [2.75, 3.05) is 13.7 Å². The maximum Gasteiger partial charge on any atom is 0.119 e. The maximum atomic E-state index is 9.23. The largest absolute Gasteiger partial charge is 0.497 e. The van der Waals surface area contributed by atoms with Crippen LogP contribution in [0.25, 0.3) is 10.8 Å². The highest BCUT2D eigenvalue weighted by atomic mass is 16.5. The lowest BCUT2D eigenvalue weighted by Crippen LogP contribution is -2.35. The Hall–Kier alpha value is -1.58. The molecule has 0 heterocycles. The molecule has 0 saturated heterocycles. The van der Waals surface area contributed by atoms with Crippen LogP contribution >= 0.6 is 0 Å². The molecule has 21 heavy (non-hydrogen) atoms. The van der Waals surface area contributed by atoms with Gasteiger partial charge in [0.2, 0.25) is 0 Å². The summed E-state index contributed by atoms with van der Waals surface area (Å²) >= 11 is 0. The topological polar surface area (TPSA) is 41.5 Å². The summed E-state index contributed by atoms with van der Waals surface area (Å²) in [5.74, 6) is 1.13. The molecule has 3 unspecified atom stereocenters. The van der Waals surface area contributed by atoms with Crippen LogP contribution in [0, 0.1) is 5.92 Å². The highest BCUT2D eigenvalue weighted by Crippen LogP contribution is 2.24. The molecule has 0 aliphatic heterocycles. The molecular formula is C18H25NO2. The molecule has 0 amide bonds. The first kappa shape index (κ1) is 15.8. The predicted molar refractivity (Wildman–Crippen MR) is 87.8 cm³/mol. The Labute approximate surface area is 126 Å². The highest BCUT2D eigenvalue weighted by Gasteiger charge is 2.15. The molecule has 3 nitrogen and oxygen atoms in total. The first-order valence-electron chi connectivity index (χ1n) is 7.49. The molecule has 0 spiro atoms. The van der Waals surface area contributed by atoms with Gasteiger partial charge in [0.05, 0.1) is 7.11 Å². The summed E-state index contributed by atoms with van der Waals surface area (Å²) in [7, 11) is 1.69. The molecule has 0 saturated carbocycles. The zero-order valence-electron chi connectivity index (χ0n) is 13.3. The van der Waals surface area contributed by atoms with Crippen LogP contribution in [-0.4, -0.2) is 24.9 Å². The number of ether oxygens (including phenoxy) is 1. The highest BCUT2D eigenvalue weighted by molar-refractivity contribution is 5.84. The van der Waals surface area contributed by atoms with Crippen molar-refractivity contribution in [3.05, 3.63) is 42.0 Å². The number of nitrogens with one attached hydrogen (secondary N) is 1. The van der Waals surface area contributed by atoms with E-state index in [0.29, 0.717) is 0 Å². The van der Waals surface area contributed by atoms with Gasteiger partial charge < -0.3 is 15.2 Å². The van der Waals surface area contributed by atoms with Crippen molar-refractivity contribution in [1.82, 2.24) is 5.32 Å². The molecule has 0 aliphatic carbocycles. The molecule has 2 rings (SSSR count). The van der Waals surface area contributed by atoms with Crippen molar-refractivity contribution < 1.29 is 9.84 Å². The fourth-order valence-electron chi connectivity index (χ4n) is 2.45. The van der Waals surface area contributed by atoms with Gasteiger partial charge >= 0.3 is 0 Å². The summed E-state index contributed by atoms with van der Waals surface area (Å²) in [6.45, 7) is 6.53. The van der Waals surface area contributed by atoms with Crippen molar-refractivity contribution in [1.29, 1.82) is 0 Å². The van der Waals surface area contributed by atoms with Crippen LogP contribution in [0.5, 0.6) is 5.75 Å². The maximum absolute atomic E-state index is 9.23. The quantitative estimate of drug-likeness (QED) is 0.854. The third-order valence-corrected chi connectivity index (χ3v) is 4.23. The average molecular weight is 287 g/mol. The van der Waals surface area contributed by atoms with Crippen LogP contribution in [0.2, 0.25) is 0 Å². The fourth-order valence-corrected chi connectivity index (χ4v) is 2.45. The minimum absolute atomic E-state index is 0.207. The van der Waals surface area contributed by atoms with Gasteiger partial charge in [-0.15, -0.1) is 0 Å². The van der Waals surface area contributed by atoms with E-state index in [1.165, 1.54) is 16.3 Å². The van der Waals surface area contributed by atoms with Gasteiger partial charge in [0.15, 0.2) is 0 Å². The fraction of sp³-hybridized carbons (Fsp3) is 0.444. The normalized spacial score (nSPS) is 15.7. The van der Waals surface area contributed by atoms with Crippen LogP contribution in [0.3, 0.4) is 0 Å². The van der Waals surface area contributed by atoms with Gasteiger partial charge in [-0.2, -0.15) is 0 Å². The standard InChI is InChI=1S/C18H25NO2/c1-12(11-20)13(2)19-14(3)15-5-6-17-10-18(21-4)8-7-16(17)9-15/h5-10,12-14,19-20H,11H2,1-4H3. The lowest BCUT2D eigenvalue weighted by molar-refractivity contribution is 0.202. The van der Waals surface area contributed by atoms with Crippen molar-refractivity contribution >= 4 is 10.8 Å². The number of aliphatic hydroxyl groups excluding tert-OH is 1. The Bertz CT molecular complexity index is 597. The Balaban J connectivity index is 2.18. The molecule has 114 valence electrons. The van der Waals surface area contributed by atoms with E-state index in [1.807, 2.05) is 12.1 Å². The second kappa shape index (κ2) is 6.92. The molecule has 0 fully saturated rings. The second-order valence-electron chi connectivity index (χ2n) is 5.81. The molecule has 3 atom stereocenters. The minimum Gasteiger partial charge on any atom is -0.497 e. The van der Waals surface area contributed by atoms with Crippen molar-refractivity contribution in [2.24, 2.45) is 5.92 Å². The first-order valence-corrected chi connectivity index (χ1v) is 7.49. The Kier molecular flexibility index (Phi) is 5.21.